The minimum atomic E-state index is -0.0939. The predicted molar refractivity (Wildman–Crippen MR) is 130 cm³/mol. The van der Waals surface area contributed by atoms with E-state index in [0.717, 1.165) is 17.7 Å². The maximum Gasteiger partial charge on any atom is 0.265 e. The highest BCUT2D eigenvalue weighted by molar-refractivity contribution is 8.26. The highest BCUT2D eigenvalue weighted by atomic mass is 32.2. The molecule has 1 atom stereocenters. The van der Waals surface area contributed by atoms with Gasteiger partial charge in [0, 0.05) is 7.05 Å². The number of carbonyl (C=O) groups excluding carboxylic acids is 1. The first-order valence-corrected chi connectivity index (χ1v) is 11.4. The molecule has 5 nitrogen and oxygen atoms in total. The zero-order valence-corrected chi connectivity index (χ0v) is 19.8. The van der Waals surface area contributed by atoms with Crippen LogP contribution in [0.1, 0.15) is 37.3 Å². The predicted octanol–water partition coefficient (Wildman–Crippen LogP) is 5.50. The van der Waals surface area contributed by atoms with Gasteiger partial charge in [-0.05, 0) is 53.8 Å². The van der Waals surface area contributed by atoms with Crippen LogP contribution >= 0.6 is 24.0 Å². The second kappa shape index (κ2) is 10.7. The number of benzene rings is 2. The van der Waals surface area contributed by atoms with E-state index in [4.69, 9.17) is 26.4 Å². The SMILES string of the molecule is CC[C@@H](C)c1ccc(OCCOc2ccc(/C=C3/SC(=S)N(C)C3=O)cc2OC)cc1. The van der Waals surface area contributed by atoms with Gasteiger partial charge < -0.3 is 14.2 Å². The standard InChI is InChI=1S/C24H27NO4S2/c1-5-16(2)18-7-9-19(10-8-18)28-12-13-29-20-11-6-17(14-21(20)27-4)15-22-23(26)25(3)24(30)31-22/h6-11,14-16H,5,12-13H2,1-4H3/b22-15+/t16-/m1/s1. The largest absolute Gasteiger partial charge is 0.493 e. The summed E-state index contributed by atoms with van der Waals surface area (Å²) in [4.78, 5) is 14.2. The zero-order chi connectivity index (χ0) is 22.4. The third-order valence-electron chi connectivity index (χ3n) is 5.14. The molecule has 3 rings (SSSR count). The molecule has 0 aromatic heterocycles. The molecule has 0 spiro atoms. The van der Waals surface area contributed by atoms with Gasteiger partial charge in [0.2, 0.25) is 0 Å². The van der Waals surface area contributed by atoms with Crippen molar-refractivity contribution < 1.29 is 19.0 Å². The molecule has 0 N–H and O–H groups in total. The van der Waals surface area contributed by atoms with Gasteiger partial charge in [0.05, 0.1) is 12.0 Å². The highest BCUT2D eigenvalue weighted by Gasteiger charge is 2.28. The van der Waals surface area contributed by atoms with Gasteiger partial charge in [-0.25, -0.2) is 0 Å². The van der Waals surface area contributed by atoms with Crippen LogP contribution in [0.4, 0.5) is 0 Å². The number of thiocarbonyl (C=S) groups is 1. The number of nitrogens with zero attached hydrogens (tertiary/aromatic N) is 1. The summed E-state index contributed by atoms with van der Waals surface area (Å²) in [7, 11) is 3.27. The molecule has 2 aromatic carbocycles. The van der Waals surface area contributed by atoms with Crippen molar-refractivity contribution in [1.82, 2.24) is 4.90 Å². The lowest BCUT2D eigenvalue weighted by molar-refractivity contribution is -0.121. The molecule has 1 aliphatic heterocycles. The van der Waals surface area contributed by atoms with E-state index < -0.39 is 0 Å². The Hall–Kier alpha value is -2.51. The summed E-state index contributed by atoms with van der Waals surface area (Å²) >= 11 is 6.46. The van der Waals surface area contributed by atoms with E-state index in [2.05, 4.69) is 26.0 Å². The number of hydrogen-bond acceptors (Lipinski definition) is 6. The summed E-state index contributed by atoms with van der Waals surface area (Å²) in [5.41, 5.74) is 2.16. The lowest BCUT2D eigenvalue weighted by atomic mass is 9.99. The molecule has 2 aromatic rings. The van der Waals surface area contributed by atoms with E-state index in [1.54, 1.807) is 20.2 Å². The molecular formula is C24H27NO4S2. The van der Waals surface area contributed by atoms with Gasteiger partial charge in [0.25, 0.3) is 5.91 Å². The van der Waals surface area contributed by atoms with Crippen LogP contribution in [-0.4, -0.2) is 42.5 Å². The van der Waals surface area contributed by atoms with Gasteiger partial charge in [-0.1, -0.05) is 56.0 Å². The van der Waals surface area contributed by atoms with Crippen molar-refractivity contribution in [2.24, 2.45) is 0 Å². The molecule has 1 fully saturated rings. The summed E-state index contributed by atoms with van der Waals surface area (Å²) in [5.74, 6) is 2.50. The smallest absolute Gasteiger partial charge is 0.265 e. The number of rotatable bonds is 9. The Morgan fingerprint density at radius 2 is 1.81 bits per heavy atom. The molecule has 1 heterocycles. The third-order valence-corrected chi connectivity index (χ3v) is 6.63. The maximum atomic E-state index is 12.2. The second-order valence-electron chi connectivity index (χ2n) is 7.23. The van der Waals surface area contributed by atoms with Crippen LogP contribution in [-0.2, 0) is 4.79 Å². The van der Waals surface area contributed by atoms with Crippen molar-refractivity contribution in [1.29, 1.82) is 0 Å². The fraction of sp³-hybridized carbons (Fsp3) is 0.333. The maximum absolute atomic E-state index is 12.2. The Morgan fingerprint density at radius 1 is 1.10 bits per heavy atom. The normalized spacial score (nSPS) is 16.0. The first-order chi connectivity index (χ1) is 14.9. The summed E-state index contributed by atoms with van der Waals surface area (Å²) in [5, 5.41) is 0. The Balaban J connectivity index is 1.56. The van der Waals surface area contributed by atoms with E-state index in [-0.39, 0.29) is 5.91 Å². The first kappa shape index (κ1) is 23.2. The fourth-order valence-corrected chi connectivity index (χ4v) is 4.21. The molecule has 1 saturated heterocycles. The van der Waals surface area contributed by atoms with E-state index in [1.807, 2.05) is 30.3 Å². The summed E-state index contributed by atoms with van der Waals surface area (Å²) in [6, 6.07) is 13.8. The number of thioether (sulfide) groups is 1. The molecule has 0 unspecified atom stereocenters. The molecule has 0 saturated carbocycles. The van der Waals surface area contributed by atoms with E-state index in [9.17, 15) is 4.79 Å². The number of hydrogen-bond donors (Lipinski definition) is 0. The summed E-state index contributed by atoms with van der Waals surface area (Å²) in [6.45, 7) is 5.21. The van der Waals surface area contributed by atoms with E-state index in [0.29, 0.717) is 39.9 Å². The van der Waals surface area contributed by atoms with Crippen LogP contribution in [0.3, 0.4) is 0 Å². The van der Waals surface area contributed by atoms with Crippen molar-refractivity contribution in [2.45, 2.75) is 26.2 Å². The number of ether oxygens (including phenoxy) is 3. The fourth-order valence-electron chi connectivity index (χ4n) is 3.03. The van der Waals surface area contributed by atoms with Gasteiger partial charge in [-0.3, -0.25) is 9.69 Å². The van der Waals surface area contributed by atoms with Crippen molar-refractivity contribution in [3.8, 4) is 17.2 Å². The number of methoxy groups -OCH3 is 1. The Bertz CT molecular complexity index is 972. The average Bonchev–Trinajstić information content (AvgIpc) is 3.03. The Labute approximate surface area is 193 Å². The molecule has 0 bridgehead atoms. The molecule has 31 heavy (non-hydrogen) atoms. The highest BCUT2D eigenvalue weighted by Crippen LogP contribution is 2.34. The zero-order valence-electron chi connectivity index (χ0n) is 18.2. The monoisotopic (exact) mass is 457 g/mol. The summed E-state index contributed by atoms with van der Waals surface area (Å²) < 4.78 is 17.6. The van der Waals surface area contributed by atoms with Crippen LogP contribution in [0, 0.1) is 0 Å². The molecule has 1 aliphatic rings. The van der Waals surface area contributed by atoms with Crippen molar-refractivity contribution in [3.05, 3.63) is 58.5 Å². The van der Waals surface area contributed by atoms with Gasteiger partial charge in [0.1, 0.15) is 23.3 Å². The minimum absolute atomic E-state index is 0.0939. The van der Waals surface area contributed by atoms with Crippen LogP contribution in [0.2, 0.25) is 0 Å². The Kier molecular flexibility index (Phi) is 7.98. The number of amides is 1. The van der Waals surface area contributed by atoms with Gasteiger partial charge in [0.15, 0.2) is 11.5 Å². The lowest BCUT2D eigenvalue weighted by Crippen LogP contribution is -2.22. The Morgan fingerprint density at radius 3 is 2.42 bits per heavy atom. The molecule has 1 amide bonds. The number of carbonyl (C=O) groups is 1. The lowest BCUT2D eigenvalue weighted by Gasteiger charge is -2.13. The van der Waals surface area contributed by atoms with Gasteiger partial charge in [-0.15, -0.1) is 0 Å². The molecule has 0 radical (unpaired) electrons. The van der Waals surface area contributed by atoms with Gasteiger partial charge in [-0.2, -0.15) is 0 Å². The molecule has 7 heteroatoms. The van der Waals surface area contributed by atoms with Crippen molar-refractivity contribution in [2.75, 3.05) is 27.4 Å². The van der Waals surface area contributed by atoms with E-state index in [1.165, 1.54) is 22.2 Å². The minimum Gasteiger partial charge on any atom is -0.493 e. The van der Waals surface area contributed by atoms with Gasteiger partial charge >= 0.3 is 0 Å². The van der Waals surface area contributed by atoms with Crippen LogP contribution in [0.15, 0.2) is 47.4 Å². The third kappa shape index (κ3) is 5.80. The second-order valence-corrected chi connectivity index (χ2v) is 8.90. The first-order valence-electron chi connectivity index (χ1n) is 10.2. The number of likely N-dealkylation sites (N-methyl/N-ethyl adjacent to an activating group) is 1. The van der Waals surface area contributed by atoms with Crippen molar-refractivity contribution in [3.63, 3.8) is 0 Å². The van der Waals surface area contributed by atoms with E-state index >= 15 is 0 Å². The molecular weight excluding hydrogens is 430 g/mol. The van der Waals surface area contributed by atoms with Crippen LogP contribution in [0.5, 0.6) is 17.2 Å². The molecule has 0 aliphatic carbocycles. The van der Waals surface area contributed by atoms with Crippen LogP contribution in [0.25, 0.3) is 6.08 Å². The topological polar surface area (TPSA) is 48.0 Å². The molecule has 164 valence electrons. The van der Waals surface area contributed by atoms with Crippen LogP contribution < -0.4 is 14.2 Å². The summed E-state index contributed by atoms with van der Waals surface area (Å²) in [6.07, 6.45) is 2.92. The quantitative estimate of drug-likeness (QED) is 0.282. The average molecular weight is 458 g/mol. The van der Waals surface area contributed by atoms with Crippen molar-refractivity contribution >= 4 is 40.3 Å².